The number of hydrogen-bond donors (Lipinski definition) is 1. The molecule has 1 N–H and O–H groups in total. The molecule has 2 aromatic carbocycles. The third-order valence-electron chi connectivity index (χ3n) is 6.61. The minimum Gasteiger partial charge on any atom is -0.508 e. The van der Waals surface area contributed by atoms with E-state index in [1.54, 1.807) is 24.3 Å². The highest BCUT2D eigenvalue weighted by Gasteiger charge is 2.51. The largest absolute Gasteiger partial charge is 0.508 e. The number of hydrogen-bond acceptors (Lipinski definition) is 6. The maximum absolute atomic E-state index is 13.2. The van der Waals surface area contributed by atoms with Crippen LogP contribution in [0.25, 0.3) is 0 Å². The number of phenols is 1. The van der Waals surface area contributed by atoms with Gasteiger partial charge in [-0.25, -0.2) is 0 Å². The molecule has 1 aliphatic carbocycles. The first kappa shape index (κ1) is 23.7. The second kappa shape index (κ2) is 10.2. The highest BCUT2D eigenvalue weighted by atomic mass is 32.2. The van der Waals surface area contributed by atoms with Crippen LogP contribution in [0.15, 0.2) is 53.4 Å². The molecule has 2 aliphatic rings. The molecule has 2 atom stereocenters. The molecule has 0 spiro atoms. The van der Waals surface area contributed by atoms with Gasteiger partial charge in [-0.05, 0) is 87.4 Å². The Morgan fingerprint density at radius 1 is 1.06 bits per heavy atom. The Balaban J connectivity index is 1.47. The summed E-state index contributed by atoms with van der Waals surface area (Å²) >= 11 is 1.20. The Morgan fingerprint density at radius 3 is 2.33 bits per heavy atom. The Morgan fingerprint density at radius 2 is 1.73 bits per heavy atom. The Bertz CT molecular complexity index is 943. The van der Waals surface area contributed by atoms with Gasteiger partial charge in [0, 0.05) is 11.3 Å². The third-order valence-corrected chi connectivity index (χ3v) is 7.84. The number of rotatable bonds is 8. The number of aryl methyl sites for hydroxylation is 1. The van der Waals surface area contributed by atoms with Gasteiger partial charge in [-0.1, -0.05) is 25.0 Å². The minimum atomic E-state index is -0.850. The number of benzene rings is 2. The number of phenolic OH excluding ortho intramolecular Hbond substituents is 1. The average molecular weight is 469 g/mol. The van der Waals surface area contributed by atoms with E-state index in [1.165, 1.54) is 11.8 Å². The van der Waals surface area contributed by atoms with Crippen molar-refractivity contribution in [3.05, 3.63) is 54.1 Å². The van der Waals surface area contributed by atoms with E-state index >= 15 is 0 Å². The van der Waals surface area contributed by atoms with Crippen molar-refractivity contribution >= 4 is 23.5 Å². The maximum atomic E-state index is 13.2. The van der Waals surface area contributed by atoms with Gasteiger partial charge in [-0.15, -0.1) is 11.8 Å². The lowest BCUT2D eigenvalue weighted by molar-refractivity contribution is -0.177. The highest BCUT2D eigenvalue weighted by molar-refractivity contribution is 8.01. The van der Waals surface area contributed by atoms with Crippen LogP contribution in [0.1, 0.15) is 57.9 Å². The van der Waals surface area contributed by atoms with Gasteiger partial charge in [0.05, 0.1) is 6.10 Å². The van der Waals surface area contributed by atoms with Gasteiger partial charge in [-0.3, -0.25) is 9.59 Å². The number of ether oxygens (including phenoxy) is 2. The first-order chi connectivity index (χ1) is 15.8. The summed E-state index contributed by atoms with van der Waals surface area (Å²) in [6, 6.07) is 14.6. The van der Waals surface area contributed by atoms with Crippen LogP contribution in [0.4, 0.5) is 0 Å². The monoisotopic (exact) mass is 468 g/mol. The molecule has 0 bridgehead atoms. The zero-order valence-electron chi connectivity index (χ0n) is 19.3. The molecule has 2 aromatic rings. The summed E-state index contributed by atoms with van der Waals surface area (Å²) in [5, 5.41) is 8.64. The number of ketones is 1. The molecule has 6 heteroatoms. The van der Waals surface area contributed by atoms with Gasteiger partial charge in [0.2, 0.25) is 0 Å². The standard InChI is InChI=1S/C27H32O5S/c1-18(2)31-22-11-7-19(8-12-22)15-16-27(20-5-3-4-6-20)17-24(29)25(26(30)32-27)33-23-13-9-21(28)10-14-23/h7-14,18,20,25,28H,3-6,15-17H2,1-2H3. The third kappa shape index (κ3) is 5.72. The van der Waals surface area contributed by atoms with E-state index in [0.29, 0.717) is 6.42 Å². The quantitative estimate of drug-likeness (QED) is 0.395. The maximum Gasteiger partial charge on any atom is 0.327 e. The fourth-order valence-electron chi connectivity index (χ4n) is 4.97. The van der Waals surface area contributed by atoms with Crippen LogP contribution < -0.4 is 4.74 Å². The molecule has 176 valence electrons. The van der Waals surface area contributed by atoms with E-state index in [9.17, 15) is 14.7 Å². The van der Waals surface area contributed by atoms with Crippen molar-refractivity contribution in [3.63, 3.8) is 0 Å². The van der Waals surface area contributed by atoms with Gasteiger partial charge < -0.3 is 14.6 Å². The van der Waals surface area contributed by atoms with Crippen LogP contribution in [0.3, 0.4) is 0 Å². The molecular formula is C27H32O5S. The first-order valence-corrected chi connectivity index (χ1v) is 12.7. The SMILES string of the molecule is CC(C)Oc1ccc(CCC2(C3CCCC3)CC(=O)C(Sc3ccc(O)cc3)C(=O)O2)cc1. The van der Waals surface area contributed by atoms with Crippen LogP contribution in [0.2, 0.25) is 0 Å². The van der Waals surface area contributed by atoms with Crippen LogP contribution in [0.5, 0.6) is 11.5 Å². The number of carbonyl (C=O) groups is 2. The zero-order valence-corrected chi connectivity index (χ0v) is 20.1. The molecule has 2 fully saturated rings. The van der Waals surface area contributed by atoms with E-state index in [-0.39, 0.29) is 30.0 Å². The van der Waals surface area contributed by atoms with Crippen molar-refractivity contribution in [2.75, 3.05) is 0 Å². The Hall–Kier alpha value is -2.47. The number of aromatic hydroxyl groups is 1. The lowest BCUT2D eigenvalue weighted by Crippen LogP contribution is -2.53. The topological polar surface area (TPSA) is 72.8 Å². The van der Waals surface area contributed by atoms with Crippen molar-refractivity contribution in [1.82, 2.24) is 0 Å². The lowest BCUT2D eigenvalue weighted by atomic mass is 9.76. The van der Waals surface area contributed by atoms with Crippen LogP contribution in [-0.2, 0) is 20.7 Å². The minimum absolute atomic E-state index is 0.0584. The molecule has 1 saturated heterocycles. The number of Topliss-reactive ketones (excluding diaryl/α,β-unsaturated/α-hetero) is 1. The van der Waals surface area contributed by atoms with Crippen LogP contribution >= 0.6 is 11.8 Å². The molecule has 33 heavy (non-hydrogen) atoms. The molecule has 0 amide bonds. The summed E-state index contributed by atoms with van der Waals surface area (Å²) in [5.41, 5.74) is 0.427. The molecule has 1 saturated carbocycles. The van der Waals surface area contributed by atoms with Crippen molar-refractivity contribution < 1.29 is 24.2 Å². The summed E-state index contributed by atoms with van der Waals surface area (Å²) in [4.78, 5) is 27.1. The zero-order chi connectivity index (χ0) is 23.4. The van der Waals surface area contributed by atoms with E-state index in [1.807, 2.05) is 26.0 Å². The van der Waals surface area contributed by atoms with E-state index in [4.69, 9.17) is 9.47 Å². The summed E-state index contributed by atoms with van der Waals surface area (Å²) < 4.78 is 11.9. The van der Waals surface area contributed by atoms with Gasteiger partial charge >= 0.3 is 5.97 Å². The fraction of sp³-hybridized carbons (Fsp3) is 0.481. The molecule has 1 aliphatic heterocycles. The summed E-state index contributed by atoms with van der Waals surface area (Å²) in [6.45, 7) is 4.00. The molecule has 1 heterocycles. The van der Waals surface area contributed by atoms with Crippen molar-refractivity contribution in [1.29, 1.82) is 0 Å². The number of thioether (sulfide) groups is 1. The van der Waals surface area contributed by atoms with E-state index < -0.39 is 16.8 Å². The fourth-order valence-corrected chi connectivity index (χ4v) is 5.89. The van der Waals surface area contributed by atoms with Crippen LogP contribution in [-0.4, -0.2) is 33.8 Å². The molecule has 5 nitrogen and oxygen atoms in total. The molecule has 0 radical (unpaired) electrons. The number of carbonyl (C=O) groups excluding carboxylic acids is 2. The number of cyclic esters (lactones) is 1. The van der Waals surface area contributed by atoms with Crippen molar-refractivity contribution in [2.24, 2.45) is 5.92 Å². The molecule has 0 aromatic heterocycles. The summed E-state index contributed by atoms with van der Waals surface area (Å²) in [7, 11) is 0. The molecular weight excluding hydrogens is 436 g/mol. The second-order valence-corrected chi connectivity index (χ2v) is 10.6. The highest BCUT2D eigenvalue weighted by Crippen LogP contribution is 2.46. The summed E-state index contributed by atoms with van der Waals surface area (Å²) in [6.07, 6.45) is 6.02. The van der Waals surface area contributed by atoms with Crippen LogP contribution in [0, 0.1) is 5.92 Å². The predicted octanol–water partition coefficient (Wildman–Crippen LogP) is 5.72. The normalized spacial score (nSPS) is 23.7. The van der Waals surface area contributed by atoms with Gasteiger partial charge in [0.15, 0.2) is 11.0 Å². The predicted molar refractivity (Wildman–Crippen MR) is 129 cm³/mol. The van der Waals surface area contributed by atoms with Gasteiger partial charge in [0.1, 0.15) is 17.1 Å². The average Bonchev–Trinajstić information content (AvgIpc) is 3.33. The van der Waals surface area contributed by atoms with Gasteiger partial charge in [-0.2, -0.15) is 0 Å². The first-order valence-electron chi connectivity index (χ1n) is 11.8. The summed E-state index contributed by atoms with van der Waals surface area (Å²) in [5.74, 6) is 0.732. The van der Waals surface area contributed by atoms with Crippen molar-refractivity contribution in [3.8, 4) is 11.5 Å². The second-order valence-electron chi connectivity index (χ2n) is 9.41. The molecule has 2 unspecified atom stereocenters. The Labute approximate surface area is 199 Å². The smallest absolute Gasteiger partial charge is 0.327 e. The van der Waals surface area contributed by atoms with Crippen molar-refractivity contribution in [2.45, 2.75) is 80.6 Å². The van der Waals surface area contributed by atoms with Gasteiger partial charge in [0.25, 0.3) is 0 Å². The number of esters is 1. The van der Waals surface area contributed by atoms with E-state index in [2.05, 4.69) is 12.1 Å². The van der Waals surface area contributed by atoms with E-state index in [0.717, 1.165) is 48.3 Å². The lowest BCUT2D eigenvalue weighted by Gasteiger charge is -2.43. The molecule has 4 rings (SSSR count). The Kier molecular flexibility index (Phi) is 7.32.